The van der Waals surface area contributed by atoms with E-state index in [1.807, 2.05) is 0 Å². The van der Waals surface area contributed by atoms with Crippen molar-refractivity contribution in [1.82, 2.24) is 4.90 Å². The molecule has 1 heterocycles. The summed E-state index contributed by atoms with van der Waals surface area (Å²) in [5.41, 5.74) is 0.0214. The topological polar surface area (TPSA) is 12.5 Å². The third-order valence-corrected chi connectivity index (χ3v) is 3.27. The van der Waals surface area contributed by atoms with E-state index in [-0.39, 0.29) is 5.60 Å². The zero-order chi connectivity index (χ0) is 9.64. The predicted octanol–water partition coefficient (Wildman–Crippen LogP) is 1.89. The molecule has 0 radical (unpaired) electrons. The summed E-state index contributed by atoms with van der Waals surface area (Å²) >= 11 is 0. The highest BCUT2D eigenvalue weighted by molar-refractivity contribution is 5.04. The molecule has 0 aromatic heterocycles. The molecular formula is C11H21NO. The van der Waals surface area contributed by atoms with Gasteiger partial charge < -0.3 is 4.74 Å². The molecule has 0 aromatic carbocycles. The fourth-order valence-electron chi connectivity index (χ4n) is 2.30. The number of rotatable bonds is 2. The van der Waals surface area contributed by atoms with Gasteiger partial charge in [0.25, 0.3) is 0 Å². The molecule has 0 amide bonds. The molecule has 2 rings (SSSR count). The maximum Gasteiger partial charge on any atom is 0.0629 e. The Bertz CT molecular complexity index is 197. The predicted molar refractivity (Wildman–Crippen MR) is 53.8 cm³/mol. The third-order valence-electron chi connectivity index (χ3n) is 3.27. The fourth-order valence-corrected chi connectivity index (χ4v) is 2.30. The standard InChI is InChI=1S/C11H21NO/c1-11(2,3)13-7-9-5-8-6-10(8)12(9)4/h8-10H,5-7H2,1-4H3. The molecule has 0 spiro atoms. The van der Waals surface area contributed by atoms with Gasteiger partial charge in [-0.05, 0) is 46.6 Å². The van der Waals surface area contributed by atoms with Crippen LogP contribution in [0.5, 0.6) is 0 Å². The second kappa shape index (κ2) is 2.96. The lowest BCUT2D eigenvalue weighted by atomic mass is 10.1. The number of ether oxygens (including phenoxy) is 1. The Hall–Kier alpha value is -0.0800. The first-order valence-electron chi connectivity index (χ1n) is 5.33. The number of hydrogen-bond donors (Lipinski definition) is 0. The first-order chi connectivity index (χ1) is 5.97. The van der Waals surface area contributed by atoms with Crippen molar-refractivity contribution in [3.63, 3.8) is 0 Å². The summed E-state index contributed by atoms with van der Waals surface area (Å²) in [5.74, 6) is 0.999. The molecule has 2 aliphatic rings. The van der Waals surface area contributed by atoms with E-state index in [0.29, 0.717) is 6.04 Å². The SMILES string of the molecule is CN1C(COC(C)(C)C)CC2CC21. The van der Waals surface area contributed by atoms with Crippen LogP contribution in [0.25, 0.3) is 0 Å². The summed E-state index contributed by atoms with van der Waals surface area (Å²) in [5, 5.41) is 0. The van der Waals surface area contributed by atoms with E-state index in [0.717, 1.165) is 18.6 Å². The van der Waals surface area contributed by atoms with Gasteiger partial charge in [-0.25, -0.2) is 0 Å². The Morgan fingerprint density at radius 2 is 2.00 bits per heavy atom. The van der Waals surface area contributed by atoms with Crippen LogP contribution in [-0.4, -0.2) is 36.2 Å². The van der Waals surface area contributed by atoms with Crippen LogP contribution in [0.1, 0.15) is 33.6 Å². The summed E-state index contributed by atoms with van der Waals surface area (Å²) in [4.78, 5) is 2.51. The molecular weight excluding hydrogens is 162 g/mol. The highest BCUT2D eigenvalue weighted by Crippen LogP contribution is 2.46. The van der Waals surface area contributed by atoms with Crippen LogP contribution in [-0.2, 0) is 4.74 Å². The maximum atomic E-state index is 5.81. The van der Waals surface area contributed by atoms with Crippen LogP contribution in [0.3, 0.4) is 0 Å². The van der Waals surface area contributed by atoms with Gasteiger partial charge in [-0.1, -0.05) is 0 Å². The highest BCUT2D eigenvalue weighted by atomic mass is 16.5. The van der Waals surface area contributed by atoms with Gasteiger partial charge in [0, 0.05) is 12.1 Å². The Morgan fingerprint density at radius 3 is 2.46 bits per heavy atom. The second-order valence-electron chi connectivity index (χ2n) is 5.54. The van der Waals surface area contributed by atoms with Gasteiger partial charge >= 0.3 is 0 Å². The van der Waals surface area contributed by atoms with Gasteiger partial charge in [-0.2, -0.15) is 0 Å². The molecule has 0 bridgehead atoms. The molecule has 1 saturated carbocycles. The summed E-state index contributed by atoms with van der Waals surface area (Å²) in [6, 6.07) is 1.58. The molecule has 76 valence electrons. The minimum Gasteiger partial charge on any atom is -0.374 e. The molecule has 13 heavy (non-hydrogen) atoms. The van der Waals surface area contributed by atoms with Crippen molar-refractivity contribution in [2.45, 2.75) is 51.3 Å². The first kappa shape index (κ1) is 9.47. The number of nitrogens with zero attached hydrogens (tertiary/aromatic N) is 1. The third kappa shape index (κ3) is 2.05. The molecule has 2 fully saturated rings. The van der Waals surface area contributed by atoms with Crippen molar-refractivity contribution in [2.24, 2.45) is 5.92 Å². The lowest BCUT2D eigenvalue weighted by Crippen LogP contribution is -2.35. The van der Waals surface area contributed by atoms with Crippen molar-refractivity contribution < 1.29 is 4.74 Å². The molecule has 0 aromatic rings. The Morgan fingerprint density at radius 1 is 1.31 bits per heavy atom. The average Bonchev–Trinajstić information content (AvgIpc) is 2.68. The molecule has 2 nitrogen and oxygen atoms in total. The van der Waals surface area contributed by atoms with Crippen molar-refractivity contribution in [3.05, 3.63) is 0 Å². The number of fused-ring (bicyclic) bond motifs is 1. The highest BCUT2D eigenvalue weighted by Gasteiger charge is 2.50. The second-order valence-corrected chi connectivity index (χ2v) is 5.54. The van der Waals surface area contributed by atoms with Gasteiger partial charge in [0.05, 0.1) is 12.2 Å². The molecule has 3 unspecified atom stereocenters. The summed E-state index contributed by atoms with van der Waals surface area (Å²) in [6.45, 7) is 7.29. The number of likely N-dealkylation sites (N-methyl/N-ethyl adjacent to an activating group) is 1. The van der Waals surface area contributed by atoms with Crippen LogP contribution in [0.2, 0.25) is 0 Å². The fraction of sp³-hybridized carbons (Fsp3) is 1.00. The molecule has 0 N–H and O–H groups in total. The van der Waals surface area contributed by atoms with Crippen molar-refractivity contribution in [1.29, 1.82) is 0 Å². The van der Waals surface area contributed by atoms with Gasteiger partial charge in [-0.3, -0.25) is 4.90 Å². The van der Waals surface area contributed by atoms with Crippen LogP contribution >= 0.6 is 0 Å². The zero-order valence-corrected chi connectivity index (χ0v) is 9.21. The van der Waals surface area contributed by atoms with Crippen LogP contribution in [0, 0.1) is 5.92 Å². The monoisotopic (exact) mass is 183 g/mol. The van der Waals surface area contributed by atoms with E-state index in [4.69, 9.17) is 4.74 Å². The van der Waals surface area contributed by atoms with Crippen molar-refractivity contribution in [2.75, 3.05) is 13.7 Å². The zero-order valence-electron chi connectivity index (χ0n) is 9.21. The van der Waals surface area contributed by atoms with Gasteiger partial charge in [-0.15, -0.1) is 0 Å². The van der Waals surface area contributed by atoms with Crippen LogP contribution < -0.4 is 0 Å². The normalized spacial score (nSPS) is 39.2. The van der Waals surface area contributed by atoms with E-state index >= 15 is 0 Å². The summed E-state index contributed by atoms with van der Waals surface area (Å²) in [7, 11) is 2.24. The van der Waals surface area contributed by atoms with Gasteiger partial charge in [0.2, 0.25) is 0 Å². The quantitative estimate of drug-likeness (QED) is 0.648. The van der Waals surface area contributed by atoms with E-state index in [1.165, 1.54) is 12.8 Å². The molecule has 1 saturated heterocycles. The largest absolute Gasteiger partial charge is 0.374 e. The van der Waals surface area contributed by atoms with E-state index in [1.54, 1.807) is 0 Å². The smallest absolute Gasteiger partial charge is 0.0629 e. The Balaban J connectivity index is 1.77. The summed E-state index contributed by atoms with van der Waals surface area (Å²) in [6.07, 6.45) is 2.79. The maximum absolute atomic E-state index is 5.81. The lowest BCUT2D eigenvalue weighted by Gasteiger charge is -2.27. The molecule has 2 heteroatoms. The van der Waals surface area contributed by atoms with Crippen molar-refractivity contribution >= 4 is 0 Å². The Labute approximate surface area is 81.3 Å². The summed E-state index contributed by atoms with van der Waals surface area (Å²) < 4.78 is 5.81. The first-order valence-corrected chi connectivity index (χ1v) is 5.33. The van der Waals surface area contributed by atoms with Crippen molar-refractivity contribution in [3.8, 4) is 0 Å². The lowest BCUT2D eigenvalue weighted by molar-refractivity contribution is -0.0285. The molecule has 3 atom stereocenters. The van der Waals surface area contributed by atoms with Gasteiger partial charge in [0.15, 0.2) is 0 Å². The Kier molecular flexibility index (Phi) is 2.16. The minimum absolute atomic E-state index is 0.0214. The van der Waals surface area contributed by atoms with Gasteiger partial charge in [0.1, 0.15) is 0 Å². The van der Waals surface area contributed by atoms with E-state index < -0.39 is 0 Å². The number of piperidine rings is 1. The van der Waals surface area contributed by atoms with E-state index in [2.05, 4.69) is 32.7 Å². The number of likely N-dealkylation sites (tertiary alicyclic amines) is 1. The minimum atomic E-state index is 0.0214. The van der Waals surface area contributed by atoms with Crippen LogP contribution in [0.4, 0.5) is 0 Å². The van der Waals surface area contributed by atoms with E-state index in [9.17, 15) is 0 Å². The molecule has 1 aliphatic heterocycles. The molecule has 1 aliphatic carbocycles. The van der Waals surface area contributed by atoms with Crippen LogP contribution in [0.15, 0.2) is 0 Å². The average molecular weight is 183 g/mol. The number of hydrogen-bond acceptors (Lipinski definition) is 2.